The van der Waals surface area contributed by atoms with E-state index in [1.54, 1.807) is 12.1 Å². The quantitative estimate of drug-likeness (QED) is 0.693. The Bertz CT molecular complexity index is 951. The molecule has 1 aromatic heterocycles. The zero-order chi connectivity index (χ0) is 20.3. The van der Waals surface area contributed by atoms with Crippen molar-refractivity contribution in [2.75, 3.05) is 31.6 Å². The molecule has 0 bridgehead atoms. The number of halogens is 1. The van der Waals surface area contributed by atoms with E-state index in [1.165, 1.54) is 22.5 Å². The Morgan fingerprint density at radius 1 is 1.21 bits per heavy atom. The van der Waals surface area contributed by atoms with Gasteiger partial charge in [0.25, 0.3) is 5.91 Å². The maximum absolute atomic E-state index is 12.9. The number of carbonyl (C=O) groups excluding carboxylic acids is 1. The Hall–Kier alpha value is -1.88. The standard InChI is InChI=1S/C18H21BrN2O6S/c1-12(2)26-15-4-3-13(28(23,24)21-7-9-25-10-8-21)11-14(15)20-18(22)16-5-6-17(19)27-16/h3-6,11-12H,7-10H2,1-2H3,(H,20,22). The second kappa shape index (κ2) is 8.64. The van der Waals surface area contributed by atoms with Crippen LogP contribution in [0.15, 0.2) is 44.3 Å². The van der Waals surface area contributed by atoms with Gasteiger partial charge in [0.1, 0.15) is 5.75 Å². The first-order valence-electron chi connectivity index (χ1n) is 8.72. The van der Waals surface area contributed by atoms with E-state index in [-0.39, 0.29) is 35.5 Å². The molecule has 0 unspecified atom stereocenters. The number of sulfonamides is 1. The molecule has 8 nitrogen and oxygen atoms in total. The first kappa shape index (κ1) is 20.8. The highest BCUT2D eigenvalue weighted by molar-refractivity contribution is 9.10. The van der Waals surface area contributed by atoms with Gasteiger partial charge in [0.05, 0.1) is 29.9 Å². The molecule has 0 aliphatic carbocycles. The van der Waals surface area contributed by atoms with Crippen LogP contribution in [0, 0.1) is 0 Å². The van der Waals surface area contributed by atoms with Crippen LogP contribution in [0.3, 0.4) is 0 Å². The van der Waals surface area contributed by atoms with Gasteiger partial charge >= 0.3 is 0 Å². The number of nitrogens with zero attached hydrogens (tertiary/aromatic N) is 1. The fraction of sp³-hybridized carbons (Fsp3) is 0.389. The molecule has 0 atom stereocenters. The molecular formula is C18H21BrN2O6S. The molecule has 10 heteroatoms. The van der Waals surface area contributed by atoms with E-state index in [0.717, 1.165) is 0 Å². The number of hydrogen-bond donors (Lipinski definition) is 1. The summed E-state index contributed by atoms with van der Waals surface area (Å²) in [6, 6.07) is 7.53. The van der Waals surface area contributed by atoms with Crippen LogP contribution in [0.1, 0.15) is 24.4 Å². The number of anilines is 1. The van der Waals surface area contributed by atoms with E-state index in [0.29, 0.717) is 23.6 Å². The number of amides is 1. The molecule has 0 spiro atoms. The molecule has 1 amide bonds. The normalized spacial score (nSPS) is 15.6. The van der Waals surface area contributed by atoms with Crippen LogP contribution < -0.4 is 10.1 Å². The Balaban J connectivity index is 1.93. The van der Waals surface area contributed by atoms with Gasteiger partial charge in [0.15, 0.2) is 10.4 Å². The van der Waals surface area contributed by atoms with E-state index < -0.39 is 15.9 Å². The van der Waals surface area contributed by atoms with Crippen molar-refractivity contribution in [1.29, 1.82) is 0 Å². The van der Waals surface area contributed by atoms with Gasteiger partial charge in [-0.15, -0.1) is 0 Å². The van der Waals surface area contributed by atoms with E-state index in [2.05, 4.69) is 21.2 Å². The van der Waals surface area contributed by atoms with Gasteiger partial charge in [-0.05, 0) is 60.1 Å². The summed E-state index contributed by atoms with van der Waals surface area (Å²) in [7, 11) is -3.71. The van der Waals surface area contributed by atoms with Crippen molar-refractivity contribution >= 4 is 37.5 Å². The van der Waals surface area contributed by atoms with Gasteiger partial charge in [-0.1, -0.05) is 0 Å². The van der Waals surface area contributed by atoms with Crippen LogP contribution in [-0.4, -0.2) is 51.0 Å². The second-order valence-electron chi connectivity index (χ2n) is 6.40. The Morgan fingerprint density at radius 3 is 2.54 bits per heavy atom. The molecule has 1 fully saturated rings. The first-order valence-corrected chi connectivity index (χ1v) is 11.0. The molecule has 28 heavy (non-hydrogen) atoms. The summed E-state index contributed by atoms with van der Waals surface area (Å²) >= 11 is 3.15. The molecule has 1 N–H and O–H groups in total. The predicted molar refractivity (Wildman–Crippen MR) is 106 cm³/mol. The van der Waals surface area contributed by atoms with Crippen molar-refractivity contribution in [2.45, 2.75) is 24.8 Å². The summed E-state index contributed by atoms with van der Waals surface area (Å²) in [5.41, 5.74) is 0.251. The minimum atomic E-state index is -3.71. The predicted octanol–water partition coefficient (Wildman–Crippen LogP) is 3.10. The van der Waals surface area contributed by atoms with E-state index in [4.69, 9.17) is 13.9 Å². The van der Waals surface area contributed by atoms with Gasteiger partial charge in [0.2, 0.25) is 10.0 Å². The summed E-state index contributed by atoms with van der Waals surface area (Å²) in [4.78, 5) is 12.5. The molecular weight excluding hydrogens is 452 g/mol. The summed E-state index contributed by atoms with van der Waals surface area (Å²) < 4.78 is 43.8. The van der Waals surface area contributed by atoms with Gasteiger partial charge in [-0.2, -0.15) is 4.31 Å². The maximum Gasteiger partial charge on any atom is 0.291 e. The van der Waals surface area contributed by atoms with Crippen LogP contribution >= 0.6 is 15.9 Å². The number of benzene rings is 1. The third-order valence-corrected chi connectivity index (χ3v) is 6.29. The average molecular weight is 473 g/mol. The molecule has 0 radical (unpaired) electrons. The minimum absolute atomic E-state index is 0.0708. The fourth-order valence-electron chi connectivity index (χ4n) is 2.68. The van der Waals surface area contributed by atoms with Gasteiger partial charge in [0, 0.05) is 13.1 Å². The zero-order valence-electron chi connectivity index (χ0n) is 15.5. The summed E-state index contributed by atoms with van der Waals surface area (Å²) in [6.45, 7) is 4.96. The number of ether oxygens (including phenoxy) is 2. The molecule has 1 aliphatic heterocycles. The van der Waals surface area contributed by atoms with Crippen LogP contribution in [0.5, 0.6) is 5.75 Å². The highest BCUT2D eigenvalue weighted by Crippen LogP contribution is 2.31. The Kier molecular flexibility index (Phi) is 6.43. The summed E-state index contributed by atoms with van der Waals surface area (Å²) in [5, 5.41) is 2.67. The second-order valence-corrected chi connectivity index (χ2v) is 9.12. The molecule has 2 aromatic rings. The van der Waals surface area contributed by atoms with Crippen molar-refractivity contribution < 1.29 is 27.1 Å². The number of rotatable bonds is 6. The van der Waals surface area contributed by atoms with Gasteiger partial charge in [-0.3, -0.25) is 4.79 Å². The molecule has 1 saturated heterocycles. The van der Waals surface area contributed by atoms with Crippen molar-refractivity contribution in [3.63, 3.8) is 0 Å². The molecule has 1 aliphatic rings. The van der Waals surface area contributed by atoms with Crippen molar-refractivity contribution in [3.8, 4) is 5.75 Å². The number of hydrogen-bond acceptors (Lipinski definition) is 6. The zero-order valence-corrected chi connectivity index (χ0v) is 17.9. The SMILES string of the molecule is CC(C)Oc1ccc(S(=O)(=O)N2CCOCC2)cc1NC(=O)c1ccc(Br)o1. The highest BCUT2D eigenvalue weighted by atomic mass is 79.9. The van der Waals surface area contributed by atoms with Gasteiger partial charge < -0.3 is 19.2 Å². The number of furan rings is 1. The van der Waals surface area contributed by atoms with Crippen molar-refractivity contribution in [2.24, 2.45) is 0 Å². The van der Waals surface area contributed by atoms with Crippen molar-refractivity contribution in [3.05, 3.63) is 40.8 Å². The lowest BCUT2D eigenvalue weighted by Crippen LogP contribution is -2.40. The van der Waals surface area contributed by atoms with Gasteiger partial charge in [-0.25, -0.2) is 8.42 Å². The molecule has 0 saturated carbocycles. The average Bonchev–Trinajstić information content (AvgIpc) is 3.10. The lowest BCUT2D eigenvalue weighted by molar-refractivity contribution is 0.0730. The summed E-state index contributed by atoms with van der Waals surface area (Å²) in [5.74, 6) is -0.0565. The van der Waals surface area contributed by atoms with E-state index in [9.17, 15) is 13.2 Å². The lowest BCUT2D eigenvalue weighted by atomic mass is 10.2. The number of nitrogens with one attached hydrogen (secondary N) is 1. The topological polar surface area (TPSA) is 98.1 Å². The maximum atomic E-state index is 12.9. The number of carbonyl (C=O) groups is 1. The summed E-state index contributed by atoms with van der Waals surface area (Å²) in [6.07, 6.45) is -0.157. The minimum Gasteiger partial charge on any atom is -0.489 e. The van der Waals surface area contributed by atoms with E-state index >= 15 is 0 Å². The largest absolute Gasteiger partial charge is 0.489 e. The molecule has 3 rings (SSSR count). The Labute approximate surface area is 172 Å². The Morgan fingerprint density at radius 2 is 1.93 bits per heavy atom. The fourth-order valence-corrected chi connectivity index (χ4v) is 4.42. The highest BCUT2D eigenvalue weighted by Gasteiger charge is 2.27. The number of morpholine rings is 1. The third-order valence-electron chi connectivity index (χ3n) is 3.97. The van der Waals surface area contributed by atoms with Crippen LogP contribution in [0.2, 0.25) is 0 Å². The van der Waals surface area contributed by atoms with Crippen LogP contribution in [0.4, 0.5) is 5.69 Å². The van der Waals surface area contributed by atoms with E-state index in [1.807, 2.05) is 13.8 Å². The third kappa shape index (κ3) is 4.75. The van der Waals surface area contributed by atoms with Crippen molar-refractivity contribution in [1.82, 2.24) is 4.31 Å². The smallest absolute Gasteiger partial charge is 0.291 e. The molecule has 2 heterocycles. The molecule has 152 valence electrons. The van der Waals surface area contributed by atoms with Crippen LogP contribution in [-0.2, 0) is 14.8 Å². The molecule has 1 aromatic carbocycles. The monoisotopic (exact) mass is 472 g/mol. The lowest BCUT2D eigenvalue weighted by Gasteiger charge is -2.26. The van der Waals surface area contributed by atoms with Crippen LogP contribution in [0.25, 0.3) is 0 Å². The first-order chi connectivity index (χ1) is 13.3.